The number of hydrogen-bond acceptors (Lipinski definition) is 8. The van der Waals surface area contributed by atoms with Crippen LogP contribution in [0.3, 0.4) is 0 Å². The maximum atomic E-state index is 13.6. The van der Waals surface area contributed by atoms with E-state index in [1.165, 1.54) is 19.2 Å². The lowest BCUT2D eigenvalue weighted by molar-refractivity contribution is -0.151. The number of carbonyl (C=O) groups excluding carboxylic acids is 3. The van der Waals surface area contributed by atoms with Gasteiger partial charge in [0.1, 0.15) is 18.3 Å². The number of nitrogens with one attached hydrogen (secondary N) is 1. The molecule has 1 aliphatic carbocycles. The molecule has 1 aromatic carbocycles. The highest BCUT2D eigenvalue weighted by molar-refractivity contribution is 6.12. The minimum atomic E-state index is -0.950. The van der Waals surface area contributed by atoms with Crippen molar-refractivity contribution in [3.63, 3.8) is 0 Å². The van der Waals surface area contributed by atoms with E-state index in [0.29, 0.717) is 35.6 Å². The Morgan fingerprint density at radius 2 is 1.88 bits per heavy atom. The minimum Gasteiger partial charge on any atom is -0.508 e. The third-order valence-corrected chi connectivity index (χ3v) is 5.85. The summed E-state index contributed by atoms with van der Waals surface area (Å²) >= 11 is 0. The molecule has 3 rings (SSSR count). The molecule has 0 saturated carbocycles. The number of aromatic hydroxyl groups is 1. The first-order chi connectivity index (χ1) is 15.3. The lowest BCUT2D eigenvalue weighted by atomic mass is 9.69. The number of ether oxygens (including phenoxy) is 3. The molecule has 0 bridgehead atoms. The van der Waals surface area contributed by atoms with E-state index < -0.39 is 23.8 Å². The van der Waals surface area contributed by atoms with Gasteiger partial charge in [0.15, 0.2) is 5.78 Å². The molecular weight excluding hydrogens is 414 g/mol. The molecule has 0 aromatic heterocycles. The van der Waals surface area contributed by atoms with Gasteiger partial charge >= 0.3 is 11.9 Å². The fourth-order valence-electron chi connectivity index (χ4n) is 4.37. The summed E-state index contributed by atoms with van der Waals surface area (Å²) in [6.07, 6.45) is 0.458. The van der Waals surface area contributed by atoms with Crippen molar-refractivity contribution in [3.05, 3.63) is 52.4 Å². The summed E-state index contributed by atoms with van der Waals surface area (Å²) in [5, 5.41) is 12.9. The average Bonchev–Trinajstić information content (AvgIpc) is 2.76. The number of ketones is 1. The van der Waals surface area contributed by atoms with Crippen molar-refractivity contribution >= 4 is 17.7 Å². The highest BCUT2D eigenvalue weighted by atomic mass is 16.6. The molecule has 0 saturated heterocycles. The summed E-state index contributed by atoms with van der Waals surface area (Å²) in [6, 6.07) is 6.32. The van der Waals surface area contributed by atoms with Crippen LogP contribution in [0.2, 0.25) is 0 Å². The number of phenolic OH excluding ortho intramolecular Hbond substituents is 1. The number of carbonyl (C=O) groups is 3. The van der Waals surface area contributed by atoms with Crippen molar-refractivity contribution in [1.29, 1.82) is 0 Å². The highest BCUT2D eigenvalue weighted by Crippen LogP contribution is 2.45. The van der Waals surface area contributed by atoms with E-state index >= 15 is 0 Å². The molecule has 172 valence electrons. The number of rotatable bonds is 7. The molecule has 0 fully saturated rings. The van der Waals surface area contributed by atoms with Crippen molar-refractivity contribution in [3.8, 4) is 5.75 Å². The van der Waals surface area contributed by atoms with Gasteiger partial charge in [-0.1, -0.05) is 19.1 Å². The summed E-state index contributed by atoms with van der Waals surface area (Å²) in [6.45, 7) is 6.29. The number of dihydropyridines is 1. The molecule has 32 heavy (non-hydrogen) atoms. The van der Waals surface area contributed by atoms with Crippen LogP contribution in [0.1, 0.15) is 38.7 Å². The fraction of sp³-hybridized carbons (Fsp3) is 0.458. The zero-order valence-electron chi connectivity index (χ0n) is 18.8. The quantitative estimate of drug-likeness (QED) is 0.376. The molecule has 1 aliphatic heterocycles. The molecule has 0 spiro atoms. The Labute approximate surface area is 187 Å². The second kappa shape index (κ2) is 9.99. The normalized spacial score (nSPS) is 22.9. The predicted molar refractivity (Wildman–Crippen MR) is 115 cm³/mol. The molecular formula is C24H29NO7. The van der Waals surface area contributed by atoms with Gasteiger partial charge in [0, 0.05) is 29.5 Å². The van der Waals surface area contributed by atoms with E-state index in [4.69, 9.17) is 14.2 Å². The van der Waals surface area contributed by atoms with Gasteiger partial charge in [-0.2, -0.15) is 0 Å². The number of Topliss-reactive ketones (excluding diaryl/α,β-unsaturated/α-hetero) is 1. The maximum Gasteiger partial charge on any atom is 0.336 e. The molecule has 2 aliphatic rings. The molecule has 8 heteroatoms. The van der Waals surface area contributed by atoms with Gasteiger partial charge in [-0.15, -0.1) is 0 Å². The Kier molecular flexibility index (Phi) is 7.35. The smallest absolute Gasteiger partial charge is 0.336 e. The average molecular weight is 443 g/mol. The summed E-state index contributed by atoms with van der Waals surface area (Å²) in [7, 11) is 1.26. The van der Waals surface area contributed by atoms with Crippen LogP contribution in [0, 0.1) is 11.8 Å². The largest absolute Gasteiger partial charge is 0.508 e. The molecule has 2 N–H and O–H groups in total. The predicted octanol–water partition coefficient (Wildman–Crippen LogP) is 2.58. The van der Waals surface area contributed by atoms with Crippen molar-refractivity contribution < 1.29 is 33.7 Å². The summed E-state index contributed by atoms with van der Waals surface area (Å²) in [5.41, 5.74) is 2.55. The molecule has 3 atom stereocenters. The van der Waals surface area contributed by atoms with E-state index in [1.54, 1.807) is 19.1 Å². The van der Waals surface area contributed by atoms with Crippen LogP contribution in [0.5, 0.6) is 5.75 Å². The lowest BCUT2D eigenvalue weighted by Crippen LogP contribution is -2.43. The fourth-order valence-corrected chi connectivity index (χ4v) is 4.37. The van der Waals surface area contributed by atoms with E-state index in [2.05, 4.69) is 5.32 Å². The second-order valence-electron chi connectivity index (χ2n) is 7.96. The lowest BCUT2D eigenvalue weighted by Gasteiger charge is -2.38. The Hall–Kier alpha value is -3.13. The van der Waals surface area contributed by atoms with E-state index in [0.717, 1.165) is 0 Å². The van der Waals surface area contributed by atoms with Gasteiger partial charge in [-0.25, -0.2) is 4.79 Å². The Morgan fingerprint density at radius 3 is 2.50 bits per heavy atom. The van der Waals surface area contributed by atoms with Crippen LogP contribution in [0.4, 0.5) is 0 Å². The third-order valence-electron chi connectivity index (χ3n) is 5.85. The standard InChI is InChI=1S/C24H29NO7/c1-5-31-10-11-32-24(29)19-14(3)25-17-12-13(2)18(23(28)30-4)22(27)21(17)20(19)15-6-8-16(26)9-7-15/h6-9,13,18,20,25-26H,5,10-12H2,1-4H3/t13-,18-,20+/m1/s1. The molecule has 0 unspecified atom stereocenters. The van der Waals surface area contributed by atoms with Crippen LogP contribution in [-0.4, -0.2) is 49.8 Å². The number of phenols is 1. The molecule has 8 nitrogen and oxygen atoms in total. The number of hydrogen-bond donors (Lipinski definition) is 2. The van der Waals surface area contributed by atoms with Crippen LogP contribution in [0.15, 0.2) is 46.8 Å². The van der Waals surface area contributed by atoms with Crippen molar-refractivity contribution in [2.45, 2.75) is 33.1 Å². The number of allylic oxidation sites excluding steroid dienone is 3. The second-order valence-corrected chi connectivity index (χ2v) is 7.96. The van der Waals surface area contributed by atoms with Gasteiger partial charge < -0.3 is 24.6 Å². The van der Waals surface area contributed by atoms with Crippen molar-refractivity contribution in [1.82, 2.24) is 5.32 Å². The Morgan fingerprint density at radius 1 is 1.19 bits per heavy atom. The SMILES string of the molecule is CCOCCOC(=O)C1=C(C)NC2=C(C(=O)[C@H](C(=O)OC)[C@H](C)C2)[C@H]1c1ccc(O)cc1. The minimum absolute atomic E-state index is 0.0643. The monoisotopic (exact) mass is 443 g/mol. The van der Waals surface area contributed by atoms with Gasteiger partial charge in [0.05, 0.1) is 19.3 Å². The van der Waals surface area contributed by atoms with Gasteiger partial charge in [0.25, 0.3) is 0 Å². The van der Waals surface area contributed by atoms with E-state index in [1.807, 2.05) is 13.8 Å². The van der Waals surface area contributed by atoms with Crippen LogP contribution in [-0.2, 0) is 28.6 Å². The molecule has 0 amide bonds. The van der Waals surface area contributed by atoms with E-state index in [9.17, 15) is 19.5 Å². The summed E-state index contributed by atoms with van der Waals surface area (Å²) in [4.78, 5) is 39.0. The number of methoxy groups -OCH3 is 1. The third kappa shape index (κ3) is 4.55. The van der Waals surface area contributed by atoms with Crippen molar-refractivity contribution in [2.75, 3.05) is 26.9 Å². The molecule has 1 aromatic rings. The van der Waals surface area contributed by atoms with Crippen LogP contribution in [0.25, 0.3) is 0 Å². The van der Waals surface area contributed by atoms with Gasteiger partial charge in [0.2, 0.25) is 0 Å². The number of esters is 2. The van der Waals surface area contributed by atoms with Crippen LogP contribution < -0.4 is 5.32 Å². The van der Waals surface area contributed by atoms with E-state index in [-0.39, 0.29) is 36.2 Å². The first kappa shape index (κ1) is 23.5. The highest BCUT2D eigenvalue weighted by Gasteiger charge is 2.47. The first-order valence-electron chi connectivity index (χ1n) is 10.7. The Bertz CT molecular complexity index is 961. The molecule has 1 heterocycles. The zero-order chi connectivity index (χ0) is 23.4. The first-order valence-corrected chi connectivity index (χ1v) is 10.7. The molecule has 0 radical (unpaired) electrons. The maximum absolute atomic E-state index is 13.6. The summed E-state index contributed by atoms with van der Waals surface area (Å²) < 4.78 is 15.5. The zero-order valence-corrected chi connectivity index (χ0v) is 18.8. The Balaban J connectivity index is 2.06. The van der Waals surface area contributed by atoms with Gasteiger partial charge in [-0.3, -0.25) is 9.59 Å². The van der Waals surface area contributed by atoms with Crippen molar-refractivity contribution in [2.24, 2.45) is 11.8 Å². The summed E-state index contributed by atoms with van der Waals surface area (Å²) in [5.74, 6) is -3.41. The van der Waals surface area contributed by atoms with Gasteiger partial charge in [-0.05, 0) is 43.9 Å². The topological polar surface area (TPSA) is 111 Å². The van der Waals surface area contributed by atoms with Crippen LogP contribution >= 0.6 is 0 Å². The number of benzene rings is 1.